The van der Waals surface area contributed by atoms with Gasteiger partial charge >= 0.3 is 0 Å². The summed E-state index contributed by atoms with van der Waals surface area (Å²) in [6.45, 7) is 18.6. The van der Waals surface area contributed by atoms with Crippen LogP contribution in [-0.2, 0) is 0 Å². The smallest absolute Gasteiger partial charge is 0.0398 e. The lowest BCUT2D eigenvalue weighted by atomic mass is 10.2. The van der Waals surface area contributed by atoms with Crippen LogP contribution in [0, 0.1) is 6.92 Å². The Hall–Kier alpha value is -1.56. The average molecular weight is 319 g/mol. The molecular formula is C23H42. The SMILES string of the molecule is CC.CC.CCC.CCC.Cc1ccccc1.c1ccccc1. The van der Waals surface area contributed by atoms with Gasteiger partial charge < -0.3 is 0 Å². The standard InChI is InChI=1S/C7H8.C6H6.2C3H8.2C2H6/c1-7-5-3-2-4-6-7;1-2-4-6-5-3-1;2*1-3-2;2*1-2/h2-6H,1H3;1-6H;2*3H2,1-2H3;2*1-2H3. The molecule has 0 saturated carbocycles. The Morgan fingerprint density at radius 2 is 0.652 bits per heavy atom. The minimum Gasteiger partial charge on any atom is -0.0683 e. The van der Waals surface area contributed by atoms with E-state index in [2.05, 4.69) is 46.8 Å². The highest BCUT2D eigenvalue weighted by atomic mass is 13.8. The van der Waals surface area contributed by atoms with E-state index in [9.17, 15) is 0 Å². The number of rotatable bonds is 0. The first-order chi connectivity index (χ1) is 11.2. The highest BCUT2D eigenvalue weighted by Crippen LogP contribution is 1.92. The van der Waals surface area contributed by atoms with Gasteiger partial charge in [-0.25, -0.2) is 0 Å². The van der Waals surface area contributed by atoms with Crippen molar-refractivity contribution in [2.45, 2.75) is 75.2 Å². The van der Waals surface area contributed by atoms with Crippen LogP contribution in [0.25, 0.3) is 0 Å². The molecule has 0 heteroatoms. The molecule has 2 rings (SSSR count). The molecule has 0 amide bonds. The summed E-state index contributed by atoms with van der Waals surface area (Å²) in [7, 11) is 0. The van der Waals surface area contributed by atoms with Crippen LogP contribution in [0.4, 0.5) is 0 Å². The molecule has 0 N–H and O–H groups in total. The largest absolute Gasteiger partial charge is 0.0683 e. The molecule has 0 unspecified atom stereocenters. The highest BCUT2D eigenvalue weighted by Gasteiger charge is 1.72. The summed E-state index contributed by atoms with van der Waals surface area (Å²) in [5.74, 6) is 0. The van der Waals surface area contributed by atoms with Crippen LogP contribution < -0.4 is 0 Å². The predicted octanol–water partition coefficient (Wildman–Crippen LogP) is 8.57. The number of hydrogen-bond donors (Lipinski definition) is 0. The average Bonchev–Trinajstić information content (AvgIpc) is 2.63. The topological polar surface area (TPSA) is 0 Å². The Kier molecular flexibility index (Phi) is 47.4. The summed E-state index contributed by atoms with van der Waals surface area (Å²) >= 11 is 0. The van der Waals surface area contributed by atoms with Crippen LogP contribution in [0.2, 0.25) is 0 Å². The van der Waals surface area contributed by atoms with Gasteiger partial charge in [-0.1, -0.05) is 141 Å². The van der Waals surface area contributed by atoms with E-state index in [-0.39, 0.29) is 0 Å². The summed E-state index contributed by atoms with van der Waals surface area (Å²) in [6, 6.07) is 22.3. The van der Waals surface area contributed by atoms with E-state index in [0.717, 1.165) is 0 Å². The van der Waals surface area contributed by atoms with Crippen molar-refractivity contribution in [3.8, 4) is 0 Å². The minimum absolute atomic E-state index is 1.25. The molecule has 23 heavy (non-hydrogen) atoms. The predicted molar refractivity (Wildman–Crippen MR) is 112 cm³/mol. The maximum absolute atomic E-state index is 2.12. The van der Waals surface area contributed by atoms with Gasteiger partial charge in [-0.15, -0.1) is 0 Å². The van der Waals surface area contributed by atoms with Gasteiger partial charge in [0.25, 0.3) is 0 Å². The zero-order chi connectivity index (χ0) is 18.8. The van der Waals surface area contributed by atoms with Gasteiger partial charge in [0.1, 0.15) is 0 Å². The molecule has 0 aromatic heterocycles. The minimum atomic E-state index is 1.25. The molecule has 0 aliphatic rings. The van der Waals surface area contributed by atoms with Crippen molar-refractivity contribution in [1.82, 2.24) is 0 Å². The maximum Gasteiger partial charge on any atom is -0.0398 e. The van der Waals surface area contributed by atoms with E-state index in [0.29, 0.717) is 0 Å². The van der Waals surface area contributed by atoms with Crippen LogP contribution in [0.3, 0.4) is 0 Å². The molecule has 0 radical (unpaired) electrons. The molecule has 134 valence electrons. The van der Waals surface area contributed by atoms with Crippen molar-refractivity contribution in [2.24, 2.45) is 0 Å². The van der Waals surface area contributed by atoms with Crippen LogP contribution in [0.15, 0.2) is 66.7 Å². The van der Waals surface area contributed by atoms with E-state index in [4.69, 9.17) is 0 Å². The quantitative estimate of drug-likeness (QED) is 0.456. The molecule has 0 heterocycles. The van der Waals surface area contributed by atoms with Gasteiger partial charge in [-0.05, 0) is 6.92 Å². The van der Waals surface area contributed by atoms with Crippen molar-refractivity contribution >= 4 is 0 Å². The third-order valence-electron chi connectivity index (χ3n) is 1.61. The fraction of sp³-hybridized carbons (Fsp3) is 0.478. The van der Waals surface area contributed by atoms with Crippen LogP contribution in [0.1, 0.15) is 73.8 Å². The molecular weight excluding hydrogens is 276 g/mol. The van der Waals surface area contributed by atoms with Crippen molar-refractivity contribution < 1.29 is 0 Å². The Balaban J connectivity index is -0.000000103. The van der Waals surface area contributed by atoms with E-state index in [1.807, 2.05) is 82.3 Å². The van der Waals surface area contributed by atoms with Crippen molar-refractivity contribution in [1.29, 1.82) is 0 Å². The van der Waals surface area contributed by atoms with Crippen molar-refractivity contribution in [3.05, 3.63) is 72.3 Å². The van der Waals surface area contributed by atoms with Gasteiger partial charge in [-0.3, -0.25) is 0 Å². The molecule has 0 nitrogen and oxygen atoms in total. The van der Waals surface area contributed by atoms with Crippen molar-refractivity contribution in [3.63, 3.8) is 0 Å². The lowest BCUT2D eigenvalue weighted by molar-refractivity contribution is 1.09. The first-order valence-corrected chi connectivity index (χ1v) is 9.24. The van der Waals surface area contributed by atoms with E-state index >= 15 is 0 Å². The molecule has 2 aromatic rings. The summed E-state index contributed by atoms with van der Waals surface area (Å²) in [4.78, 5) is 0. The first-order valence-electron chi connectivity index (χ1n) is 9.24. The monoisotopic (exact) mass is 318 g/mol. The molecule has 0 bridgehead atoms. The second-order valence-electron chi connectivity index (χ2n) is 4.22. The second-order valence-corrected chi connectivity index (χ2v) is 4.22. The first kappa shape index (κ1) is 29.5. The number of aryl methyl sites for hydroxylation is 1. The van der Waals surface area contributed by atoms with Crippen molar-refractivity contribution in [2.75, 3.05) is 0 Å². The van der Waals surface area contributed by atoms with E-state index in [1.165, 1.54) is 18.4 Å². The van der Waals surface area contributed by atoms with Crippen LogP contribution >= 0.6 is 0 Å². The number of hydrogen-bond acceptors (Lipinski definition) is 0. The molecule has 0 atom stereocenters. The fourth-order valence-electron chi connectivity index (χ4n) is 0.919. The third-order valence-corrected chi connectivity index (χ3v) is 1.61. The summed E-state index contributed by atoms with van der Waals surface area (Å²) in [5, 5.41) is 0. The van der Waals surface area contributed by atoms with E-state index < -0.39 is 0 Å². The van der Waals surface area contributed by atoms with Gasteiger partial charge in [-0.2, -0.15) is 0 Å². The van der Waals surface area contributed by atoms with Gasteiger partial charge in [0.2, 0.25) is 0 Å². The maximum atomic E-state index is 2.12. The lowest BCUT2D eigenvalue weighted by Gasteiger charge is -1.82. The van der Waals surface area contributed by atoms with Gasteiger partial charge in [0.05, 0.1) is 0 Å². The Bertz CT molecular complexity index is 295. The zero-order valence-electron chi connectivity index (χ0n) is 17.3. The molecule has 0 saturated heterocycles. The summed E-state index contributed by atoms with van der Waals surface area (Å²) in [5.41, 5.74) is 1.32. The van der Waals surface area contributed by atoms with Crippen LogP contribution in [-0.4, -0.2) is 0 Å². The fourth-order valence-corrected chi connectivity index (χ4v) is 0.919. The molecule has 0 aliphatic heterocycles. The Morgan fingerprint density at radius 1 is 0.478 bits per heavy atom. The summed E-state index contributed by atoms with van der Waals surface area (Å²) < 4.78 is 0. The normalized spacial score (nSPS) is 6.83. The Labute approximate surface area is 148 Å². The van der Waals surface area contributed by atoms with Gasteiger partial charge in [0.15, 0.2) is 0 Å². The van der Waals surface area contributed by atoms with E-state index in [1.54, 1.807) is 0 Å². The van der Waals surface area contributed by atoms with Gasteiger partial charge in [0, 0.05) is 0 Å². The zero-order valence-corrected chi connectivity index (χ0v) is 17.3. The summed E-state index contributed by atoms with van der Waals surface area (Å²) in [6.07, 6.45) is 2.50. The molecule has 2 aromatic carbocycles. The third kappa shape index (κ3) is 44.9. The molecule has 0 fully saturated rings. The Morgan fingerprint density at radius 3 is 0.783 bits per heavy atom. The second kappa shape index (κ2) is 37.0. The lowest BCUT2D eigenvalue weighted by Crippen LogP contribution is -1.62. The highest BCUT2D eigenvalue weighted by molar-refractivity contribution is 5.11. The number of benzene rings is 2. The molecule has 0 aliphatic carbocycles. The van der Waals surface area contributed by atoms with Crippen LogP contribution in [0.5, 0.6) is 0 Å². The molecule has 0 spiro atoms.